The molecule has 0 spiro atoms. The Morgan fingerprint density at radius 2 is 2.00 bits per heavy atom. The van der Waals surface area contributed by atoms with Crippen LogP contribution in [0.5, 0.6) is 5.75 Å². The minimum absolute atomic E-state index is 0.199. The van der Waals surface area contributed by atoms with Crippen LogP contribution in [0.15, 0.2) is 24.3 Å². The molecule has 3 N–H and O–H groups in total. The van der Waals surface area contributed by atoms with Crippen LogP contribution in [0.4, 0.5) is 5.69 Å². The Labute approximate surface area is 109 Å². The summed E-state index contributed by atoms with van der Waals surface area (Å²) in [4.78, 5) is 12.0. The van der Waals surface area contributed by atoms with E-state index in [0.717, 1.165) is 0 Å². The zero-order valence-electron chi connectivity index (χ0n) is 11.5. The fraction of sp³-hybridized carbons (Fsp3) is 0.500. The number of ether oxygens (including phenoxy) is 1. The van der Waals surface area contributed by atoms with Gasteiger partial charge >= 0.3 is 0 Å². The van der Waals surface area contributed by atoms with Gasteiger partial charge in [0.2, 0.25) is 5.91 Å². The molecule has 1 rings (SSSR count). The first-order valence-electron chi connectivity index (χ1n) is 6.14. The summed E-state index contributed by atoms with van der Waals surface area (Å²) < 4.78 is 5.45. The molecular formula is C14H22N2O2. The molecule has 1 aromatic rings. The van der Waals surface area contributed by atoms with Gasteiger partial charge in [0.05, 0.1) is 18.3 Å². The molecule has 4 nitrogen and oxygen atoms in total. The number of hydrogen-bond acceptors (Lipinski definition) is 3. The Morgan fingerprint density at radius 1 is 1.39 bits per heavy atom. The van der Waals surface area contributed by atoms with Crippen LogP contribution in [0, 0.1) is 5.41 Å². The fourth-order valence-electron chi connectivity index (χ4n) is 1.46. The van der Waals surface area contributed by atoms with Gasteiger partial charge in [-0.3, -0.25) is 4.79 Å². The Morgan fingerprint density at radius 3 is 2.56 bits per heavy atom. The quantitative estimate of drug-likeness (QED) is 0.862. The summed E-state index contributed by atoms with van der Waals surface area (Å²) in [5, 5.41) is 2.81. The lowest BCUT2D eigenvalue weighted by molar-refractivity contribution is -0.119. The fourth-order valence-corrected chi connectivity index (χ4v) is 1.46. The van der Waals surface area contributed by atoms with Crippen molar-refractivity contribution in [1.82, 2.24) is 0 Å². The topological polar surface area (TPSA) is 64.3 Å². The van der Waals surface area contributed by atoms with Crippen LogP contribution in [0.3, 0.4) is 0 Å². The van der Waals surface area contributed by atoms with Gasteiger partial charge in [0, 0.05) is 0 Å². The number of hydrogen-bond donors (Lipinski definition) is 2. The van der Waals surface area contributed by atoms with Crippen LogP contribution in [0.2, 0.25) is 0 Å². The maximum atomic E-state index is 12.0. The maximum absolute atomic E-state index is 12.0. The van der Waals surface area contributed by atoms with E-state index in [-0.39, 0.29) is 11.3 Å². The van der Waals surface area contributed by atoms with Gasteiger partial charge in [-0.05, 0) is 24.5 Å². The highest BCUT2D eigenvalue weighted by Crippen LogP contribution is 2.25. The summed E-state index contributed by atoms with van der Waals surface area (Å²) >= 11 is 0. The molecule has 0 saturated carbocycles. The molecule has 0 saturated heterocycles. The molecule has 18 heavy (non-hydrogen) atoms. The lowest BCUT2D eigenvalue weighted by Crippen LogP contribution is -2.45. The largest absolute Gasteiger partial charge is 0.492 e. The zero-order valence-corrected chi connectivity index (χ0v) is 11.5. The molecule has 1 atom stereocenters. The third-order valence-electron chi connectivity index (χ3n) is 2.66. The molecule has 1 amide bonds. The Hall–Kier alpha value is -1.55. The summed E-state index contributed by atoms with van der Waals surface area (Å²) in [5.41, 5.74) is 6.30. The second-order valence-electron chi connectivity index (χ2n) is 5.26. The Balaban J connectivity index is 2.82. The molecule has 0 bridgehead atoms. The van der Waals surface area contributed by atoms with Crippen molar-refractivity contribution in [2.24, 2.45) is 11.1 Å². The second kappa shape index (κ2) is 5.87. The third kappa shape index (κ3) is 3.74. The molecule has 100 valence electrons. The highest BCUT2D eigenvalue weighted by Gasteiger charge is 2.27. The van der Waals surface area contributed by atoms with Crippen LogP contribution in [0.25, 0.3) is 0 Å². The number of benzene rings is 1. The van der Waals surface area contributed by atoms with Crippen molar-refractivity contribution < 1.29 is 9.53 Å². The van der Waals surface area contributed by atoms with Gasteiger partial charge in [0.15, 0.2) is 0 Å². The first-order chi connectivity index (χ1) is 8.36. The maximum Gasteiger partial charge on any atom is 0.241 e. The van der Waals surface area contributed by atoms with Crippen LogP contribution in [0.1, 0.15) is 27.7 Å². The van der Waals surface area contributed by atoms with E-state index in [2.05, 4.69) is 5.32 Å². The highest BCUT2D eigenvalue weighted by molar-refractivity contribution is 5.96. The summed E-state index contributed by atoms with van der Waals surface area (Å²) in [5.74, 6) is 0.462. The first kappa shape index (κ1) is 14.5. The van der Waals surface area contributed by atoms with Gasteiger partial charge in [0.1, 0.15) is 5.75 Å². The van der Waals surface area contributed by atoms with Gasteiger partial charge in [-0.15, -0.1) is 0 Å². The number of carbonyl (C=O) groups is 1. The van der Waals surface area contributed by atoms with E-state index in [9.17, 15) is 4.79 Å². The molecular weight excluding hydrogens is 228 g/mol. The van der Waals surface area contributed by atoms with Gasteiger partial charge in [0.25, 0.3) is 0 Å². The number of amides is 1. The molecule has 1 aromatic carbocycles. The van der Waals surface area contributed by atoms with Crippen molar-refractivity contribution in [3.8, 4) is 5.75 Å². The van der Waals surface area contributed by atoms with Crippen molar-refractivity contribution in [2.75, 3.05) is 11.9 Å². The number of nitrogens with one attached hydrogen (secondary N) is 1. The van der Waals surface area contributed by atoms with Gasteiger partial charge in [-0.1, -0.05) is 32.9 Å². The summed E-state index contributed by atoms with van der Waals surface area (Å²) in [6, 6.07) is 6.78. The smallest absolute Gasteiger partial charge is 0.241 e. The Kier molecular flexibility index (Phi) is 4.73. The van der Waals surface area contributed by atoms with Crippen LogP contribution in [-0.2, 0) is 4.79 Å². The predicted octanol–water partition coefficient (Wildman–Crippen LogP) is 2.40. The zero-order chi connectivity index (χ0) is 13.8. The van der Waals surface area contributed by atoms with Crippen molar-refractivity contribution in [1.29, 1.82) is 0 Å². The lowest BCUT2D eigenvalue weighted by atomic mass is 9.87. The average Bonchev–Trinajstić information content (AvgIpc) is 2.29. The molecule has 0 aliphatic rings. The van der Waals surface area contributed by atoms with Gasteiger partial charge in [-0.25, -0.2) is 0 Å². The third-order valence-corrected chi connectivity index (χ3v) is 2.66. The van der Waals surface area contributed by atoms with E-state index < -0.39 is 6.04 Å². The standard InChI is InChI=1S/C14H22N2O2/c1-5-18-11-9-7-6-8-10(11)16-13(17)12(15)14(2,3)4/h6-9,12H,5,15H2,1-4H3,(H,16,17)/t12-/m0/s1. The van der Waals surface area contributed by atoms with E-state index in [1.54, 1.807) is 6.07 Å². The van der Waals surface area contributed by atoms with E-state index in [1.165, 1.54) is 0 Å². The van der Waals surface area contributed by atoms with Crippen molar-refractivity contribution in [2.45, 2.75) is 33.7 Å². The van der Waals surface area contributed by atoms with Gasteiger partial charge in [-0.2, -0.15) is 0 Å². The van der Waals surface area contributed by atoms with Crippen molar-refractivity contribution in [3.63, 3.8) is 0 Å². The SMILES string of the molecule is CCOc1ccccc1NC(=O)[C@H](N)C(C)(C)C. The average molecular weight is 250 g/mol. The monoisotopic (exact) mass is 250 g/mol. The van der Waals surface area contributed by atoms with Crippen LogP contribution in [-0.4, -0.2) is 18.6 Å². The second-order valence-corrected chi connectivity index (χ2v) is 5.26. The molecule has 4 heteroatoms. The highest BCUT2D eigenvalue weighted by atomic mass is 16.5. The number of carbonyl (C=O) groups excluding carboxylic acids is 1. The van der Waals surface area contributed by atoms with Gasteiger partial charge < -0.3 is 15.8 Å². The minimum Gasteiger partial charge on any atom is -0.492 e. The Bertz CT molecular complexity index is 411. The van der Waals surface area contributed by atoms with E-state index in [1.807, 2.05) is 45.9 Å². The number of nitrogens with two attached hydrogens (primary N) is 1. The number of anilines is 1. The first-order valence-corrected chi connectivity index (χ1v) is 6.14. The molecule has 0 unspecified atom stereocenters. The van der Waals surface area contributed by atoms with E-state index >= 15 is 0 Å². The van der Waals surface area contributed by atoms with E-state index in [0.29, 0.717) is 18.0 Å². The molecule has 0 aliphatic heterocycles. The van der Waals surface area contributed by atoms with Crippen LogP contribution >= 0.6 is 0 Å². The summed E-state index contributed by atoms with van der Waals surface area (Å²) in [6.07, 6.45) is 0. The minimum atomic E-state index is -0.563. The van der Waals surface area contributed by atoms with Crippen molar-refractivity contribution >= 4 is 11.6 Å². The summed E-state index contributed by atoms with van der Waals surface area (Å²) in [6.45, 7) is 8.26. The molecule has 0 fully saturated rings. The molecule has 0 aromatic heterocycles. The molecule has 0 heterocycles. The molecule has 0 radical (unpaired) electrons. The number of rotatable bonds is 4. The van der Waals surface area contributed by atoms with E-state index in [4.69, 9.17) is 10.5 Å². The lowest BCUT2D eigenvalue weighted by Gasteiger charge is -2.26. The normalized spacial score (nSPS) is 12.9. The number of para-hydroxylation sites is 2. The molecule has 0 aliphatic carbocycles. The van der Waals surface area contributed by atoms with Crippen LogP contribution < -0.4 is 15.8 Å². The van der Waals surface area contributed by atoms with Crippen molar-refractivity contribution in [3.05, 3.63) is 24.3 Å². The predicted molar refractivity (Wildman–Crippen MR) is 73.7 cm³/mol. The summed E-state index contributed by atoms with van der Waals surface area (Å²) in [7, 11) is 0.